The van der Waals surface area contributed by atoms with E-state index in [9.17, 15) is 0 Å². The minimum absolute atomic E-state index is 0.254. The van der Waals surface area contributed by atoms with E-state index in [0.717, 1.165) is 11.1 Å². The molecule has 0 saturated heterocycles. The zero-order chi connectivity index (χ0) is 14.7. The summed E-state index contributed by atoms with van der Waals surface area (Å²) < 4.78 is 16.2. The van der Waals surface area contributed by atoms with Crippen molar-refractivity contribution in [3.8, 4) is 17.2 Å². The zero-order valence-electron chi connectivity index (χ0n) is 12.1. The molecule has 2 aromatic rings. The fraction of sp³-hybridized carbons (Fsp3) is 0.333. The molecule has 20 heavy (non-hydrogen) atoms. The van der Waals surface area contributed by atoms with Crippen LogP contribution in [0.5, 0.6) is 17.2 Å². The van der Waals surface area contributed by atoms with Crippen LogP contribution in [-0.4, -0.2) is 21.3 Å². The van der Waals surface area contributed by atoms with Gasteiger partial charge in [0.15, 0.2) is 11.5 Å². The van der Waals surface area contributed by atoms with Crippen LogP contribution >= 0.6 is 11.3 Å². The Bertz CT molecular complexity index is 595. The topological polar surface area (TPSA) is 53.7 Å². The summed E-state index contributed by atoms with van der Waals surface area (Å²) >= 11 is 1.68. The lowest BCUT2D eigenvalue weighted by Gasteiger charge is -2.19. The van der Waals surface area contributed by atoms with E-state index >= 15 is 0 Å². The Morgan fingerprint density at radius 1 is 0.950 bits per heavy atom. The first-order chi connectivity index (χ1) is 9.63. The van der Waals surface area contributed by atoms with Crippen LogP contribution in [0.25, 0.3) is 0 Å². The molecule has 0 radical (unpaired) electrons. The summed E-state index contributed by atoms with van der Waals surface area (Å²) in [6, 6.07) is 5.55. The molecule has 1 unspecified atom stereocenters. The van der Waals surface area contributed by atoms with Crippen molar-refractivity contribution >= 4 is 11.3 Å². The van der Waals surface area contributed by atoms with Crippen LogP contribution in [0.4, 0.5) is 0 Å². The molecule has 5 heteroatoms. The van der Waals surface area contributed by atoms with Crippen LogP contribution < -0.4 is 19.9 Å². The standard InChI is InChI=1S/C15H19NO3S/c1-9-10(7-8-20-9)13(16)11-5-6-12(17-2)15(19-4)14(11)18-3/h5-8,13H,16H2,1-4H3. The molecule has 1 atom stereocenters. The van der Waals surface area contributed by atoms with E-state index in [4.69, 9.17) is 19.9 Å². The van der Waals surface area contributed by atoms with Gasteiger partial charge in [0.1, 0.15) is 0 Å². The molecule has 2 rings (SSSR count). The highest BCUT2D eigenvalue weighted by Gasteiger charge is 2.22. The molecular weight excluding hydrogens is 274 g/mol. The van der Waals surface area contributed by atoms with E-state index in [1.807, 2.05) is 23.6 Å². The van der Waals surface area contributed by atoms with Crippen molar-refractivity contribution in [3.63, 3.8) is 0 Å². The summed E-state index contributed by atoms with van der Waals surface area (Å²) in [5.41, 5.74) is 8.36. The van der Waals surface area contributed by atoms with E-state index in [1.165, 1.54) is 4.88 Å². The minimum Gasteiger partial charge on any atom is -0.493 e. The van der Waals surface area contributed by atoms with Crippen LogP contribution in [0.2, 0.25) is 0 Å². The molecule has 108 valence electrons. The quantitative estimate of drug-likeness (QED) is 0.920. The number of ether oxygens (including phenoxy) is 3. The average molecular weight is 293 g/mol. The van der Waals surface area contributed by atoms with Crippen LogP contribution in [0.3, 0.4) is 0 Å². The first-order valence-electron chi connectivity index (χ1n) is 6.22. The molecule has 0 saturated carbocycles. The van der Waals surface area contributed by atoms with Crippen molar-refractivity contribution < 1.29 is 14.2 Å². The van der Waals surface area contributed by atoms with Gasteiger partial charge in [-0.05, 0) is 36.1 Å². The number of rotatable bonds is 5. The number of aryl methyl sites for hydroxylation is 1. The second-order valence-corrected chi connectivity index (χ2v) is 5.45. The number of hydrogen-bond acceptors (Lipinski definition) is 5. The highest BCUT2D eigenvalue weighted by molar-refractivity contribution is 7.10. The third-order valence-corrected chi connectivity index (χ3v) is 4.17. The molecule has 1 aromatic carbocycles. The molecule has 2 N–H and O–H groups in total. The van der Waals surface area contributed by atoms with E-state index < -0.39 is 0 Å². The molecule has 0 aliphatic rings. The van der Waals surface area contributed by atoms with Gasteiger partial charge in [-0.15, -0.1) is 11.3 Å². The Morgan fingerprint density at radius 2 is 1.65 bits per heavy atom. The van der Waals surface area contributed by atoms with E-state index in [-0.39, 0.29) is 6.04 Å². The second-order valence-electron chi connectivity index (χ2n) is 4.33. The van der Waals surface area contributed by atoms with Crippen LogP contribution in [-0.2, 0) is 0 Å². The van der Waals surface area contributed by atoms with E-state index in [2.05, 4.69) is 6.92 Å². The maximum atomic E-state index is 6.38. The van der Waals surface area contributed by atoms with Gasteiger partial charge in [0, 0.05) is 10.4 Å². The van der Waals surface area contributed by atoms with Gasteiger partial charge in [-0.1, -0.05) is 0 Å². The van der Waals surface area contributed by atoms with Crippen LogP contribution in [0.1, 0.15) is 22.0 Å². The first-order valence-corrected chi connectivity index (χ1v) is 7.10. The van der Waals surface area contributed by atoms with Gasteiger partial charge in [0.25, 0.3) is 0 Å². The molecule has 0 spiro atoms. The number of benzene rings is 1. The number of thiophene rings is 1. The van der Waals surface area contributed by atoms with Crippen LogP contribution in [0, 0.1) is 6.92 Å². The summed E-state index contributed by atoms with van der Waals surface area (Å²) in [7, 11) is 4.79. The Balaban J connectivity index is 2.54. The molecule has 1 aromatic heterocycles. The predicted octanol–water partition coefficient (Wildman–Crippen LogP) is 3.13. The van der Waals surface area contributed by atoms with Gasteiger partial charge < -0.3 is 19.9 Å². The summed E-state index contributed by atoms with van der Waals surface area (Å²) in [5, 5.41) is 2.04. The van der Waals surface area contributed by atoms with Crippen molar-refractivity contribution in [2.75, 3.05) is 21.3 Å². The molecule has 0 bridgehead atoms. The van der Waals surface area contributed by atoms with Crippen molar-refractivity contribution in [1.82, 2.24) is 0 Å². The number of methoxy groups -OCH3 is 3. The van der Waals surface area contributed by atoms with Crippen molar-refractivity contribution in [1.29, 1.82) is 0 Å². The Hall–Kier alpha value is -1.72. The van der Waals surface area contributed by atoms with Gasteiger partial charge in [-0.3, -0.25) is 0 Å². The van der Waals surface area contributed by atoms with Gasteiger partial charge >= 0.3 is 0 Å². The molecule has 1 heterocycles. The molecule has 4 nitrogen and oxygen atoms in total. The number of nitrogens with two attached hydrogens (primary N) is 1. The Kier molecular flexibility index (Phi) is 4.52. The Morgan fingerprint density at radius 3 is 2.15 bits per heavy atom. The van der Waals surface area contributed by atoms with Crippen molar-refractivity contribution in [2.45, 2.75) is 13.0 Å². The Labute approximate surface area is 123 Å². The molecule has 0 aliphatic heterocycles. The van der Waals surface area contributed by atoms with Crippen molar-refractivity contribution in [2.24, 2.45) is 5.73 Å². The third-order valence-electron chi connectivity index (χ3n) is 3.30. The maximum absolute atomic E-state index is 6.38. The fourth-order valence-electron chi connectivity index (χ4n) is 2.25. The summed E-state index contributed by atoms with van der Waals surface area (Å²) in [6.45, 7) is 2.06. The van der Waals surface area contributed by atoms with Gasteiger partial charge in [-0.25, -0.2) is 0 Å². The lowest BCUT2D eigenvalue weighted by molar-refractivity contribution is 0.321. The average Bonchev–Trinajstić information content (AvgIpc) is 2.90. The maximum Gasteiger partial charge on any atom is 0.203 e. The largest absolute Gasteiger partial charge is 0.493 e. The van der Waals surface area contributed by atoms with Crippen LogP contribution in [0.15, 0.2) is 23.6 Å². The van der Waals surface area contributed by atoms with Gasteiger partial charge in [0.2, 0.25) is 5.75 Å². The summed E-state index contributed by atoms with van der Waals surface area (Å²) in [6.07, 6.45) is 0. The molecular formula is C15H19NO3S. The molecule has 0 aliphatic carbocycles. The lowest BCUT2D eigenvalue weighted by Crippen LogP contribution is -2.14. The highest BCUT2D eigenvalue weighted by atomic mass is 32.1. The van der Waals surface area contributed by atoms with Gasteiger partial charge in [-0.2, -0.15) is 0 Å². The predicted molar refractivity (Wildman–Crippen MR) is 81.2 cm³/mol. The highest BCUT2D eigenvalue weighted by Crippen LogP contribution is 2.43. The van der Waals surface area contributed by atoms with E-state index in [0.29, 0.717) is 17.2 Å². The minimum atomic E-state index is -0.254. The monoisotopic (exact) mass is 293 g/mol. The smallest absolute Gasteiger partial charge is 0.203 e. The second kappa shape index (κ2) is 6.15. The lowest BCUT2D eigenvalue weighted by atomic mass is 9.98. The summed E-state index contributed by atoms with van der Waals surface area (Å²) in [5.74, 6) is 1.81. The molecule has 0 amide bonds. The molecule has 0 fully saturated rings. The van der Waals surface area contributed by atoms with E-state index in [1.54, 1.807) is 32.7 Å². The zero-order valence-corrected chi connectivity index (χ0v) is 12.9. The van der Waals surface area contributed by atoms with Gasteiger partial charge in [0.05, 0.1) is 27.4 Å². The third kappa shape index (κ3) is 2.46. The van der Waals surface area contributed by atoms with Crippen molar-refractivity contribution in [3.05, 3.63) is 39.6 Å². The first kappa shape index (κ1) is 14.7. The number of hydrogen-bond donors (Lipinski definition) is 1. The fourth-order valence-corrected chi connectivity index (χ4v) is 3.00. The normalized spacial score (nSPS) is 12.1. The SMILES string of the molecule is COc1ccc(C(N)c2ccsc2C)c(OC)c1OC. The summed E-state index contributed by atoms with van der Waals surface area (Å²) in [4.78, 5) is 1.20.